The minimum Gasteiger partial charge on any atom is -0.493 e. The smallest absolute Gasteiger partial charge is 0.410 e. The predicted molar refractivity (Wildman–Crippen MR) is 103 cm³/mol. The van der Waals surface area contributed by atoms with Crippen LogP contribution in [-0.2, 0) is 4.74 Å². The average Bonchev–Trinajstić information content (AvgIpc) is 3.08. The van der Waals surface area contributed by atoms with Crippen LogP contribution in [0.4, 0.5) is 4.79 Å². The van der Waals surface area contributed by atoms with Crippen LogP contribution in [-0.4, -0.2) is 41.3 Å². The number of nitrogens with zero attached hydrogens (tertiary/aromatic N) is 2. The van der Waals surface area contributed by atoms with Crippen molar-refractivity contribution in [3.05, 3.63) is 48.8 Å². The Morgan fingerprint density at radius 3 is 2.41 bits per heavy atom. The summed E-state index contributed by atoms with van der Waals surface area (Å²) in [5, 5.41) is 0. The molecule has 2 aliphatic rings. The van der Waals surface area contributed by atoms with Gasteiger partial charge in [-0.05, 0) is 61.9 Å². The van der Waals surface area contributed by atoms with Crippen LogP contribution in [0.2, 0.25) is 0 Å². The van der Waals surface area contributed by atoms with Gasteiger partial charge in [-0.2, -0.15) is 0 Å². The number of hydrogen-bond acceptors (Lipinski definition) is 4. The summed E-state index contributed by atoms with van der Waals surface area (Å²) < 4.78 is 11.4. The van der Waals surface area contributed by atoms with Gasteiger partial charge in [0.15, 0.2) is 0 Å². The number of pyridine rings is 1. The highest BCUT2D eigenvalue weighted by atomic mass is 16.6. The van der Waals surface area contributed by atoms with E-state index < -0.39 is 5.60 Å². The molecule has 142 valence electrons. The van der Waals surface area contributed by atoms with E-state index in [1.165, 1.54) is 0 Å². The minimum absolute atomic E-state index is 0.194. The first-order valence-corrected chi connectivity index (χ1v) is 9.52. The van der Waals surface area contributed by atoms with Gasteiger partial charge in [-0.1, -0.05) is 18.2 Å². The quantitative estimate of drug-likeness (QED) is 0.812. The Kier molecular flexibility index (Phi) is 4.54. The molecule has 1 aromatic heterocycles. The Bertz CT molecular complexity index is 787. The Morgan fingerprint density at radius 1 is 1.11 bits per heavy atom. The number of ether oxygens (including phenoxy) is 2. The molecule has 0 radical (unpaired) electrons. The number of rotatable bonds is 4. The molecule has 5 nitrogen and oxygen atoms in total. The number of aromatic nitrogens is 1. The number of fused-ring (bicyclic) bond motifs is 1. The second-order valence-electron chi connectivity index (χ2n) is 8.45. The molecule has 1 aromatic carbocycles. The molecule has 2 fully saturated rings. The van der Waals surface area contributed by atoms with Crippen molar-refractivity contribution < 1.29 is 14.3 Å². The molecule has 5 heteroatoms. The number of amides is 1. The normalized spacial score (nSPS) is 23.7. The molecule has 1 saturated heterocycles. The summed E-state index contributed by atoms with van der Waals surface area (Å²) in [7, 11) is 0. The van der Waals surface area contributed by atoms with E-state index in [4.69, 9.17) is 9.47 Å². The number of carbonyl (C=O) groups excluding carboxylic acids is 1. The zero-order valence-corrected chi connectivity index (χ0v) is 16.1. The highest BCUT2D eigenvalue weighted by molar-refractivity contribution is 5.69. The number of benzene rings is 1. The molecule has 0 N–H and O–H groups in total. The van der Waals surface area contributed by atoms with Crippen molar-refractivity contribution in [1.82, 2.24) is 9.88 Å². The molecule has 3 atom stereocenters. The first kappa shape index (κ1) is 17.8. The Labute approximate surface area is 160 Å². The monoisotopic (exact) mass is 366 g/mol. The standard InChI is InChI=1S/C22H26N2O3/c1-22(2,3)27-21(25)24-12-18-19(13-24)20(18)14-26-17-8-6-15(7-9-17)16-5-4-10-23-11-16/h4-11,18-20H,12-14H2,1-3H3/t18-,19+,20?. The summed E-state index contributed by atoms with van der Waals surface area (Å²) in [4.78, 5) is 18.1. The molecular formula is C22H26N2O3. The summed E-state index contributed by atoms with van der Waals surface area (Å²) in [6.45, 7) is 7.98. The minimum atomic E-state index is -0.436. The second kappa shape index (κ2) is 6.87. The Hall–Kier alpha value is -2.56. The Balaban J connectivity index is 1.25. The van der Waals surface area contributed by atoms with Gasteiger partial charge in [0.2, 0.25) is 0 Å². The summed E-state index contributed by atoms with van der Waals surface area (Å²) in [6, 6.07) is 12.1. The third-order valence-electron chi connectivity index (χ3n) is 5.31. The van der Waals surface area contributed by atoms with Gasteiger partial charge >= 0.3 is 6.09 Å². The third-order valence-corrected chi connectivity index (χ3v) is 5.31. The lowest BCUT2D eigenvalue weighted by Crippen LogP contribution is -2.37. The molecule has 1 amide bonds. The van der Waals surface area contributed by atoms with Crippen LogP contribution in [0.1, 0.15) is 20.8 Å². The summed E-state index contributed by atoms with van der Waals surface area (Å²) >= 11 is 0. The highest BCUT2D eigenvalue weighted by Gasteiger charge is 2.57. The summed E-state index contributed by atoms with van der Waals surface area (Å²) in [6.07, 6.45) is 3.44. The van der Waals surface area contributed by atoms with E-state index in [9.17, 15) is 4.79 Å². The van der Waals surface area contributed by atoms with Gasteiger partial charge in [-0.25, -0.2) is 4.79 Å². The summed E-state index contributed by atoms with van der Waals surface area (Å²) in [5.41, 5.74) is 1.80. The van der Waals surface area contributed by atoms with Crippen LogP contribution in [0.3, 0.4) is 0 Å². The molecule has 0 bridgehead atoms. The van der Waals surface area contributed by atoms with Crippen LogP contribution < -0.4 is 4.74 Å². The topological polar surface area (TPSA) is 51.7 Å². The number of likely N-dealkylation sites (tertiary alicyclic amines) is 1. The van der Waals surface area contributed by atoms with Gasteiger partial charge in [-0.15, -0.1) is 0 Å². The molecule has 2 aromatic rings. The average molecular weight is 366 g/mol. The molecule has 1 aliphatic carbocycles. The van der Waals surface area contributed by atoms with Crippen molar-refractivity contribution in [1.29, 1.82) is 0 Å². The number of piperidine rings is 1. The molecule has 2 heterocycles. The fraction of sp³-hybridized carbons (Fsp3) is 0.455. The lowest BCUT2D eigenvalue weighted by atomic mass is 10.1. The van der Waals surface area contributed by atoms with E-state index in [2.05, 4.69) is 17.1 Å². The number of hydrogen-bond donors (Lipinski definition) is 0. The zero-order valence-electron chi connectivity index (χ0n) is 16.1. The van der Waals surface area contributed by atoms with Crippen LogP contribution in [0.25, 0.3) is 11.1 Å². The first-order chi connectivity index (χ1) is 12.9. The maximum absolute atomic E-state index is 12.1. The van der Waals surface area contributed by atoms with Crippen molar-refractivity contribution in [2.45, 2.75) is 26.4 Å². The Morgan fingerprint density at radius 2 is 1.81 bits per heavy atom. The molecule has 1 aliphatic heterocycles. The van der Waals surface area contributed by atoms with Gasteiger partial charge in [0, 0.05) is 31.4 Å². The maximum Gasteiger partial charge on any atom is 0.410 e. The number of carbonyl (C=O) groups is 1. The van der Waals surface area contributed by atoms with Crippen LogP contribution >= 0.6 is 0 Å². The van der Waals surface area contributed by atoms with Crippen LogP contribution in [0.15, 0.2) is 48.8 Å². The molecule has 27 heavy (non-hydrogen) atoms. The lowest BCUT2D eigenvalue weighted by molar-refractivity contribution is 0.0261. The SMILES string of the molecule is CC(C)(C)OC(=O)N1C[C@@H]2C(COc3ccc(-c4cccnc4)cc3)[C@@H]2C1. The maximum atomic E-state index is 12.1. The van der Waals surface area contributed by atoms with Crippen molar-refractivity contribution in [3.8, 4) is 16.9 Å². The van der Waals surface area contributed by atoms with E-state index in [0.29, 0.717) is 24.4 Å². The fourth-order valence-electron chi connectivity index (χ4n) is 3.84. The van der Waals surface area contributed by atoms with Crippen molar-refractivity contribution in [2.24, 2.45) is 17.8 Å². The first-order valence-electron chi connectivity index (χ1n) is 9.52. The fourth-order valence-corrected chi connectivity index (χ4v) is 3.84. The zero-order chi connectivity index (χ0) is 19.0. The van der Waals surface area contributed by atoms with Crippen molar-refractivity contribution in [2.75, 3.05) is 19.7 Å². The van der Waals surface area contributed by atoms with E-state index in [0.717, 1.165) is 30.0 Å². The molecule has 0 spiro atoms. The van der Waals surface area contributed by atoms with Gasteiger partial charge < -0.3 is 14.4 Å². The van der Waals surface area contributed by atoms with Gasteiger partial charge in [0.05, 0.1) is 6.61 Å². The van der Waals surface area contributed by atoms with Gasteiger partial charge in [0.25, 0.3) is 0 Å². The largest absolute Gasteiger partial charge is 0.493 e. The van der Waals surface area contributed by atoms with E-state index in [1.807, 2.05) is 56.1 Å². The van der Waals surface area contributed by atoms with Gasteiger partial charge in [-0.3, -0.25) is 4.98 Å². The molecule has 1 saturated carbocycles. The van der Waals surface area contributed by atoms with Crippen LogP contribution in [0.5, 0.6) is 5.75 Å². The third kappa shape index (κ3) is 4.07. The van der Waals surface area contributed by atoms with Crippen molar-refractivity contribution in [3.63, 3.8) is 0 Å². The molecule has 1 unspecified atom stereocenters. The predicted octanol–water partition coefficient (Wildman–Crippen LogP) is 4.24. The van der Waals surface area contributed by atoms with Gasteiger partial charge in [0.1, 0.15) is 11.4 Å². The van der Waals surface area contributed by atoms with E-state index in [1.54, 1.807) is 6.20 Å². The second-order valence-corrected chi connectivity index (χ2v) is 8.45. The van der Waals surface area contributed by atoms with E-state index >= 15 is 0 Å². The summed E-state index contributed by atoms with van der Waals surface area (Å²) in [5.74, 6) is 2.53. The molecular weight excluding hydrogens is 340 g/mol. The van der Waals surface area contributed by atoms with Crippen LogP contribution in [0, 0.1) is 17.8 Å². The molecule has 4 rings (SSSR count). The highest BCUT2D eigenvalue weighted by Crippen LogP contribution is 2.52. The van der Waals surface area contributed by atoms with Crippen molar-refractivity contribution >= 4 is 6.09 Å². The van der Waals surface area contributed by atoms with E-state index in [-0.39, 0.29) is 6.09 Å². The lowest BCUT2D eigenvalue weighted by Gasteiger charge is -2.25.